The monoisotopic (exact) mass is 181 g/mol. The molecule has 0 heterocycles. The van der Waals surface area contributed by atoms with E-state index < -0.39 is 0 Å². The number of hydrogen-bond acceptors (Lipinski definition) is 1. The Morgan fingerprint density at radius 1 is 1.31 bits per heavy atom. The van der Waals surface area contributed by atoms with Crippen molar-refractivity contribution in [1.29, 1.82) is 0 Å². The van der Waals surface area contributed by atoms with Gasteiger partial charge in [-0.25, -0.2) is 0 Å². The summed E-state index contributed by atoms with van der Waals surface area (Å²) >= 11 is 0. The van der Waals surface area contributed by atoms with E-state index in [9.17, 15) is 0 Å². The molecule has 0 radical (unpaired) electrons. The van der Waals surface area contributed by atoms with Crippen LogP contribution < -0.4 is 5.73 Å². The Kier molecular flexibility index (Phi) is 1.83. The molecule has 2 N–H and O–H groups in total. The van der Waals surface area contributed by atoms with E-state index >= 15 is 0 Å². The van der Waals surface area contributed by atoms with E-state index in [0.29, 0.717) is 16.9 Å². The lowest BCUT2D eigenvalue weighted by Gasteiger charge is -2.41. The fourth-order valence-corrected chi connectivity index (χ4v) is 4.06. The van der Waals surface area contributed by atoms with E-state index in [0.717, 1.165) is 11.8 Å². The Hall–Kier alpha value is -0.0400. The SMILES string of the molecule is C[C@@H](N)[C@H]1C[C@@H]2CC[C@]1(C)C2(C)C. The molecule has 4 atom stereocenters. The van der Waals surface area contributed by atoms with Crippen LogP contribution in [-0.2, 0) is 0 Å². The van der Waals surface area contributed by atoms with Crippen molar-refractivity contribution >= 4 is 0 Å². The van der Waals surface area contributed by atoms with Crippen LogP contribution in [0.4, 0.5) is 0 Å². The average Bonchev–Trinajstić information content (AvgIpc) is 2.34. The van der Waals surface area contributed by atoms with Gasteiger partial charge >= 0.3 is 0 Å². The zero-order valence-electron chi connectivity index (χ0n) is 9.43. The highest BCUT2D eigenvalue weighted by Gasteiger charge is 2.61. The molecule has 2 aliphatic rings. The van der Waals surface area contributed by atoms with Crippen LogP contribution in [0, 0.1) is 22.7 Å². The van der Waals surface area contributed by atoms with Crippen molar-refractivity contribution in [2.24, 2.45) is 28.4 Å². The summed E-state index contributed by atoms with van der Waals surface area (Å²) < 4.78 is 0. The van der Waals surface area contributed by atoms with Gasteiger partial charge in [0.2, 0.25) is 0 Å². The highest BCUT2D eigenvalue weighted by molar-refractivity contribution is 5.11. The highest BCUT2D eigenvalue weighted by atomic mass is 14.7. The molecule has 2 aliphatic carbocycles. The first-order valence-electron chi connectivity index (χ1n) is 5.65. The lowest BCUT2D eigenvalue weighted by molar-refractivity contribution is 0.0911. The molecule has 2 rings (SSSR count). The van der Waals surface area contributed by atoms with Gasteiger partial charge < -0.3 is 5.73 Å². The molecule has 0 saturated heterocycles. The minimum Gasteiger partial charge on any atom is -0.328 e. The van der Waals surface area contributed by atoms with E-state index in [-0.39, 0.29) is 0 Å². The maximum absolute atomic E-state index is 6.09. The van der Waals surface area contributed by atoms with Gasteiger partial charge in [-0.1, -0.05) is 20.8 Å². The minimum absolute atomic E-state index is 0.384. The Balaban J connectivity index is 2.33. The normalized spacial score (nSPS) is 49.6. The van der Waals surface area contributed by atoms with Crippen LogP contribution in [0.15, 0.2) is 0 Å². The number of hydrogen-bond donors (Lipinski definition) is 1. The van der Waals surface area contributed by atoms with Crippen molar-refractivity contribution in [3.8, 4) is 0 Å². The number of fused-ring (bicyclic) bond motifs is 2. The third-order valence-electron chi connectivity index (χ3n) is 5.50. The summed E-state index contributed by atoms with van der Waals surface area (Å²) in [6.45, 7) is 9.56. The third kappa shape index (κ3) is 0.971. The molecule has 2 bridgehead atoms. The van der Waals surface area contributed by atoms with Crippen molar-refractivity contribution in [2.45, 2.75) is 53.0 Å². The first kappa shape index (κ1) is 9.51. The summed E-state index contributed by atoms with van der Waals surface area (Å²) in [5.41, 5.74) is 7.14. The van der Waals surface area contributed by atoms with Crippen LogP contribution in [0.1, 0.15) is 47.0 Å². The molecule has 1 heteroatoms. The Morgan fingerprint density at radius 2 is 1.92 bits per heavy atom. The first-order chi connectivity index (χ1) is 5.89. The first-order valence-corrected chi connectivity index (χ1v) is 5.65. The largest absolute Gasteiger partial charge is 0.328 e. The van der Waals surface area contributed by atoms with Gasteiger partial charge in [-0.3, -0.25) is 0 Å². The summed E-state index contributed by atoms with van der Waals surface area (Å²) in [7, 11) is 0. The highest BCUT2D eigenvalue weighted by Crippen LogP contribution is 2.68. The third-order valence-corrected chi connectivity index (χ3v) is 5.50. The molecular formula is C12H23N. The molecule has 0 aromatic carbocycles. The van der Waals surface area contributed by atoms with E-state index in [1.165, 1.54) is 19.3 Å². The van der Waals surface area contributed by atoms with Crippen LogP contribution in [0.25, 0.3) is 0 Å². The minimum atomic E-state index is 0.384. The van der Waals surface area contributed by atoms with Gasteiger partial charge in [-0.2, -0.15) is 0 Å². The average molecular weight is 181 g/mol. The van der Waals surface area contributed by atoms with Gasteiger partial charge in [-0.15, -0.1) is 0 Å². The molecule has 0 amide bonds. The lowest BCUT2D eigenvalue weighted by atomic mass is 9.65. The van der Waals surface area contributed by atoms with E-state index in [2.05, 4.69) is 27.7 Å². The van der Waals surface area contributed by atoms with Crippen LogP contribution in [0.2, 0.25) is 0 Å². The maximum atomic E-state index is 6.09. The molecule has 0 unspecified atom stereocenters. The zero-order valence-corrected chi connectivity index (χ0v) is 9.43. The van der Waals surface area contributed by atoms with Crippen LogP contribution in [0.3, 0.4) is 0 Å². The molecular weight excluding hydrogens is 158 g/mol. The summed E-state index contributed by atoms with van der Waals surface area (Å²) in [5.74, 6) is 1.70. The van der Waals surface area contributed by atoms with E-state index in [4.69, 9.17) is 5.73 Å². The molecule has 0 aromatic rings. The Bertz CT molecular complexity index is 219. The van der Waals surface area contributed by atoms with Gasteiger partial charge in [0.1, 0.15) is 0 Å². The molecule has 0 aliphatic heterocycles. The van der Waals surface area contributed by atoms with Crippen molar-refractivity contribution in [1.82, 2.24) is 0 Å². The van der Waals surface area contributed by atoms with Gasteiger partial charge in [0.15, 0.2) is 0 Å². The molecule has 1 nitrogen and oxygen atoms in total. The number of nitrogens with two attached hydrogens (primary N) is 1. The van der Waals surface area contributed by atoms with Crippen LogP contribution in [-0.4, -0.2) is 6.04 Å². The molecule has 0 aromatic heterocycles. The predicted octanol–water partition coefficient (Wildman–Crippen LogP) is 2.80. The van der Waals surface area contributed by atoms with Gasteiger partial charge in [0.25, 0.3) is 0 Å². The van der Waals surface area contributed by atoms with Crippen molar-refractivity contribution in [3.63, 3.8) is 0 Å². The predicted molar refractivity (Wildman–Crippen MR) is 56.4 cm³/mol. The molecule has 13 heavy (non-hydrogen) atoms. The van der Waals surface area contributed by atoms with Gasteiger partial charge in [0.05, 0.1) is 0 Å². The summed E-state index contributed by atoms with van der Waals surface area (Å²) in [4.78, 5) is 0. The van der Waals surface area contributed by atoms with Gasteiger partial charge in [-0.05, 0) is 48.9 Å². The maximum Gasteiger partial charge on any atom is 0.00442 e. The fourth-order valence-electron chi connectivity index (χ4n) is 4.06. The molecule has 2 fully saturated rings. The summed E-state index contributed by atoms with van der Waals surface area (Å²) in [6.07, 6.45) is 4.21. The fraction of sp³-hybridized carbons (Fsp3) is 1.00. The molecule has 2 saturated carbocycles. The van der Waals surface area contributed by atoms with Crippen molar-refractivity contribution in [2.75, 3.05) is 0 Å². The quantitative estimate of drug-likeness (QED) is 0.661. The van der Waals surface area contributed by atoms with Crippen LogP contribution in [0.5, 0.6) is 0 Å². The standard InChI is InChI=1S/C12H23N/c1-8(13)10-7-9-5-6-12(10,4)11(9,2)3/h8-10H,5-7,13H2,1-4H3/t8-,9+,10-,12+/m1/s1. The van der Waals surface area contributed by atoms with Gasteiger partial charge in [0, 0.05) is 6.04 Å². The summed E-state index contributed by atoms with van der Waals surface area (Å²) in [5, 5.41) is 0. The van der Waals surface area contributed by atoms with Crippen molar-refractivity contribution in [3.05, 3.63) is 0 Å². The van der Waals surface area contributed by atoms with E-state index in [1.54, 1.807) is 0 Å². The van der Waals surface area contributed by atoms with Crippen molar-refractivity contribution < 1.29 is 0 Å². The van der Waals surface area contributed by atoms with E-state index in [1.807, 2.05) is 0 Å². The topological polar surface area (TPSA) is 26.0 Å². The lowest BCUT2D eigenvalue weighted by Crippen LogP contribution is -2.40. The second kappa shape index (κ2) is 2.50. The zero-order chi connectivity index (χ0) is 9.85. The molecule has 0 spiro atoms. The Labute approximate surface area is 82.1 Å². The summed E-state index contributed by atoms with van der Waals surface area (Å²) in [6, 6.07) is 0.384. The molecule has 76 valence electrons. The van der Waals surface area contributed by atoms with Crippen LogP contribution >= 0.6 is 0 Å². The Morgan fingerprint density at radius 3 is 2.15 bits per heavy atom. The second-order valence-corrected chi connectivity index (χ2v) is 6.08. The second-order valence-electron chi connectivity index (χ2n) is 6.08. The number of rotatable bonds is 1. The smallest absolute Gasteiger partial charge is 0.00442 e.